The SMILES string of the molecule is CNC(C)c1nnnn1-c1ccc(C(F)(F)F)cc1Cl. The molecule has 1 unspecified atom stereocenters. The number of alkyl halides is 3. The minimum atomic E-state index is -4.44. The van der Waals surface area contributed by atoms with E-state index in [9.17, 15) is 13.2 Å². The molecule has 0 fully saturated rings. The Morgan fingerprint density at radius 3 is 2.60 bits per heavy atom. The van der Waals surface area contributed by atoms with Crippen LogP contribution in [0.3, 0.4) is 0 Å². The number of aromatic nitrogens is 4. The van der Waals surface area contributed by atoms with E-state index < -0.39 is 11.7 Å². The smallest absolute Gasteiger partial charge is 0.311 e. The summed E-state index contributed by atoms with van der Waals surface area (Å²) in [6, 6.07) is 2.86. The highest BCUT2D eigenvalue weighted by molar-refractivity contribution is 6.32. The second kappa shape index (κ2) is 5.37. The third-order valence-electron chi connectivity index (χ3n) is 2.82. The highest BCUT2D eigenvalue weighted by Crippen LogP contribution is 2.33. The number of rotatable bonds is 3. The van der Waals surface area contributed by atoms with Gasteiger partial charge in [-0.2, -0.15) is 17.9 Å². The fraction of sp³-hybridized carbons (Fsp3) is 0.364. The number of hydrogen-bond acceptors (Lipinski definition) is 4. The standard InChI is InChI=1S/C11H11ClF3N5/c1-6(16-2)10-17-18-19-20(10)9-4-3-7(5-8(9)12)11(13,14)15/h3-6,16H,1-2H3. The van der Waals surface area contributed by atoms with E-state index >= 15 is 0 Å². The van der Waals surface area contributed by atoms with Crippen LogP contribution in [0.2, 0.25) is 5.02 Å². The Balaban J connectivity index is 2.47. The predicted molar refractivity (Wildman–Crippen MR) is 66.6 cm³/mol. The average Bonchev–Trinajstić information content (AvgIpc) is 2.85. The van der Waals surface area contributed by atoms with Crippen molar-refractivity contribution in [1.82, 2.24) is 25.5 Å². The van der Waals surface area contributed by atoms with E-state index in [4.69, 9.17) is 11.6 Å². The van der Waals surface area contributed by atoms with E-state index in [1.54, 1.807) is 7.05 Å². The average molecular weight is 306 g/mol. The lowest BCUT2D eigenvalue weighted by molar-refractivity contribution is -0.137. The van der Waals surface area contributed by atoms with Gasteiger partial charge >= 0.3 is 6.18 Å². The molecule has 0 amide bonds. The molecule has 1 aromatic carbocycles. The van der Waals surface area contributed by atoms with Gasteiger partial charge < -0.3 is 5.32 Å². The molecule has 1 N–H and O–H groups in total. The van der Waals surface area contributed by atoms with E-state index in [1.165, 1.54) is 10.7 Å². The molecule has 108 valence electrons. The lowest BCUT2D eigenvalue weighted by atomic mass is 10.2. The van der Waals surface area contributed by atoms with Gasteiger partial charge in [-0.1, -0.05) is 11.6 Å². The molecule has 2 rings (SSSR count). The molecular weight excluding hydrogens is 295 g/mol. The zero-order chi connectivity index (χ0) is 14.9. The molecule has 0 spiro atoms. The molecule has 2 aromatic rings. The highest BCUT2D eigenvalue weighted by Gasteiger charge is 2.31. The van der Waals surface area contributed by atoms with Gasteiger partial charge in [0.05, 0.1) is 22.3 Å². The minimum absolute atomic E-state index is 0.0725. The van der Waals surface area contributed by atoms with Crippen molar-refractivity contribution in [3.8, 4) is 5.69 Å². The monoisotopic (exact) mass is 305 g/mol. The molecule has 0 aliphatic rings. The van der Waals surface area contributed by atoms with Crippen molar-refractivity contribution in [2.75, 3.05) is 7.05 Å². The van der Waals surface area contributed by atoms with Crippen LogP contribution >= 0.6 is 11.6 Å². The van der Waals surface area contributed by atoms with Crippen molar-refractivity contribution in [3.63, 3.8) is 0 Å². The largest absolute Gasteiger partial charge is 0.416 e. The van der Waals surface area contributed by atoms with Crippen LogP contribution in [0, 0.1) is 0 Å². The molecule has 0 radical (unpaired) electrons. The molecule has 5 nitrogen and oxygen atoms in total. The molecule has 20 heavy (non-hydrogen) atoms. The van der Waals surface area contributed by atoms with Crippen molar-refractivity contribution < 1.29 is 13.2 Å². The third-order valence-corrected chi connectivity index (χ3v) is 3.12. The summed E-state index contributed by atoms with van der Waals surface area (Å²) in [6.45, 7) is 1.82. The van der Waals surface area contributed by atoms with Gasteiger partial charge in [0.25, 0.3) is 0 Å². The second-order valence-electron chi connectivity index (χ2n) is 4.12. The van der Waals surface area contributed by atoms with Gasteiger partial charge in [0, 0.05) is 0 Å². The van der Waals surface area contributed by atoms with Crippen molar-refractivity contribution in [1.29, 1.82) is 0 Å². The maximum Gasteiger partial charge on any atom is 0.416 e. The number of benzene rings is 1. The zero-order valence-electron chi connectivity index (χ0n) is 10.6. The first-order valence-corrected chi connectivity index (χ1v) is 6.05. The number of nitrogens with zero attached hydrogens (tertiary/aromatic N) is 4. The minimum Gasteiger partial charge on any atom is -0.311 e. The van der Waals surface area contributed by atoms with Gasteiger partial charge in [0.15, 0.2) is 5.82 Å². The van der Waals surface area contributed by atoms with E-state index in [-0.39, 0.29) is 11.1 Å². The van der Waals surface area contributed by atoms with E-state index in [1.807, 2.05) is 6.92 Å². The number of hydrogen-bond donors (Lipinski definition) is 1. The van der Waals surface area contributed by atoms with Gasteiger partial charge in [-0.15, -0.1) is 5.10 Å². The normalized spacial score (nSPS) is 13.5. The summed E-state index contributed by atoms with van der Waals surface area (Å²) in [7, 11) is 1.72. The molecule has 1 atom stereocenters. The first kappa shape index (κ1) is 14.7. The first-order chi connectivity index (χ1) is 9.34. The summed E-state index contributed by atoms with van der Waals surface area (Å²) < 4.78 is 39.1. The molecule has 1 heterocycles. The Hall–Kier alpha value is -1.67. The molecular formula is C11H11ClF3N5. The van der Waals surface area contributed by atoms with Gasteiger partial charge in [-0.05, 0) is 42.6 Å². The molecule has 9 heteroatoms. The van der Waals surface area contributed by atoms with Crippen molar-refractivity contribution in [2.45, 2.75) is 19.1 Å². The molecule has 0 saturated carbocycles. The van der Waals surface area contributed by atoms with Crippen molar-refractivity contribution in [3.05, 3.63) is 34.6 Å². The van der Waals surface area contributed by atoms with Crippen LogP contribution in [0.25, 0.3) is 5.69 Å². The molecule has 0 aliphatic heterocycles. The summed E-state index contributed by atoms with van der Waals surface area (Å²) >= 11 is 5.91. The Labute approximate surface area is 117 Å². The molecule has 1 aromatic heterocycles. The van der Waals surface area contributed by atoms with E-state index in [0.717, 1.165) is 12.1 Å². The lowest BCUT2D eigenvalue weighted by Gasteiger charge is -2.13. The second-order valence-corrected chi connectivity index (χ2v) is 4.53. The van der Waals surface area contributed by atoms with Gasteiger partial charge in [-0.3, -0.25) is 0 Å². The van der Waals surface area contributed by atoms with Gasteiger partial charge in [-0.25, -0.2) is 0 Å². The van der Waals surface area contributed by atoms with Crippen LogP contribution in [0.15, 0.2) is 18.2 Å². The number of nitrogens with one attached hydrogen (secondary N) is 1. The predicted octanol–water partition coefficient (Wildman–Crippen LogP) is 2.61. The maximum atomic E-state index is 12.6. The van der Waals surface area contributed by atoms with Crippen LogP contribution in [-0.2, 0) is 6.18 Å². The van der Waals surface area contributed by atoms with Crippen LogP contribution < -0.4 is 5.32 Å². The van der Waals surface area contributed by atoms with Gasteiger partial charge in [0.1, 0.15) is 0 Å². The Bertz CT molecular complexity index is 610. The van der Waals surface area contributed by atoms with Crippen LogP contribution in [0.5, 0.6) is 0 Å². The molecule has 0 bridgehead atoms. The Kier molecular flexibility index (Phi) is 3.96. The van der Waals surface area contributed by atoms with E-state index in [2.05, 4.69) is 20.8 Å². The summed E-state index contributed by atoms with van der Waals surface area (Å²) in [4.78, 5) is 0. The fourth-order valence-corrected chi connectivity index (χ4v) is 1.88. The van der Waals surface area contributed by atoms with Crippen LogP contribution in [-0.4, -0.2) is 27.3 Å². The van der Waals surface area contributed by atoms with Gasteiger partial charge in [0.2, 0.25) is 0 Å². The number of tetrazole rings is 1. The molecule has 0 aliphatic carbocycles. The zero-order valence-corrected chi connectivity index (χ0v) is 11.4. The summed E-state index contributed by atoms with van der Waals surface area (Å²) in [5, 5.41) is 14.0. The summed E-state index contributed by atoms with van der Waals surface area (Å²) in [6.07, 6.45) is -4.44. The van der Waals surface area contributed by atoms with Crippen molar-refractivity contribution >= 4 is 11.6 Å². The Morgan fingerprint density at radius 2 is 2.05 bits per heavy atom. The van der Waals surface area contributed by atoms with Crippen molar-refractivity contribution in [2.24, 2.45) is 0 Å². The Morgan fingerprint density at radius 1 is 1.35 bits per heavy atom. The van der Waals surface area contributed by atoms with Crippen LogP contribution in [0.1, 0.15) is 24.4 Å². The highest BCUT2D eigenvalue weighted by atomic mass is 35.5. The quantitative estimate of drug-likeness (QED) is 0.947. The first-order valence-electron chi connectivity index (χ1n) is 5.67. The third kappa shape index (κ3) is 2.75. The topological polar surface area (TPSA) is 55.6 Å². The number of halogens is 4. The fourth-order valence-electron chi connectivity index (χ4n) is 1.62. The maximum absolute atomic E-state index is 12.6. The summed E-state index contributed by atoms with van der Waals surface area (Å²) in [5.41, 5.74) is -0.524. The summed E-state index contributed by atoms with van der Waals surface area (Å²) in [5.74, 6) is 0.453. The van der Waals surface area contributed by atoms with Crippen LogP contribution in [0.4, 0.5) is 13.2 Å². The molecule has 0 saturated heterocycles. The lowest BCUT2D eigenvalue weighted by Crippen LogP contribution is -2.18. The van der Waals surface area contributed by atoms with E-state index in [0.29, 0.717) is 11.5 Å².